The number of allylic oxidation sites excluding steroid dienone is 6. The summed E-state index contributed by atoms with van der Waals surface area (Å²) in [5.74, 6) is 0.384. The minimum atomic E-state index is 0.228. The highest BCUT2D eigenvalue weighted by Crippen LogP contribution is 2.33. The molecule has 82 valence electrons. The summed E-state index contributed by atoms with van der Waals surface area (Å²) < 4.78 is 0. The monoisotopic (exact) mass is 204 g/mol. The minimum Gasteiger partial charge on any atom is -0.298 e. The molecule has 0 radical (unpaired) electrons. The molecule has 1 unspecified atom stereocenters. The fraction of sp³-hybridized carbons (Fsp3) is 0.500. The summed E-state index contributed by atoms with van der Waals surface area (Å²) in [6.07, 6.45) is 10.4. The Balaban J connectivity index is 2.76. The summed E-state index contributed by atoms with van der Waals surface area (Å²) in [7, 11) is 0. The summed E-state index contributed by atoms with van der Waals surface area (Å²) in [6, 6.07) is 0. The fourth-order valence-electron chi connectivity index (χ4n) is 1.75. The molecular formula is C14H20O. The van der Waals surface area contributed by atoms with E-state index in [9.17, 15) is 4.79 Å². The first-order valence-corrected chi connectivity index (χ1v) is 5.45. The molecule has 0 aliphatic heterocycles. The van der Waals surface area contributed by atoms with Crippen LogP contribution < -0.4 is 0 Å². The number of hydrogen-bond donors (Lipinski definition) is 0. The molecule has 0 aromatic rings. The van der Waals surface area contributed by atoms with E-state index < -0.39 is 0 Å². The van der Waals surface area contributed by atoms with Crippen molar-refractivity contribution in [1.29, 1.82) is 0 Å². The van der Waals surface area contributed by atoms with Gasteiger partial charge in [-0.3, -0.25) is 4.79 Å². The molecule has 0 aromatic heterocycles. The van der Waals surface area contributed by atoms with Crippen molar-refractivity contribution in [3.05, 3.63) is 35.5 Å². The van der Waals surface area contributed by atoms with Gasteiger partial charge in [0.05, 0.1) is 0 Å². The lowest BCUT2D eigenvalue weighted by molar-refractivity contribution is -0.104. The van der Waals surface area contributed by atoms with Gasteiger partial charge in [0, 0.05) is 0 Å². The Morgan fingerprint density at radius 2 is 2.13 bits per heavy atom. The second-order valence-electron chi connectivity index (χ2n) is 5.22. The number of carbonyl (C=O) groups is 1. The third kappa shape index (κ3) is 3.50. The zero-order chi connectivity index (χ0) is 11.5. The molecule has 1 heteroatoms. The van der Waals surface area contributed by atoms with Crippen LogP contribution in [0.15, 0.2) is 35.5 Å². The van der Waals surface area contributed by atoms with E-state index in [-0.39, 0.29) is 5.41 Å². The Morgan fingerprint density at radius 1 is 1.47 bits per heavy atom. The van der Waals surface area contributed by atoms with Crippen molar-refractivity contribution < 1.29 is 4.79 Å². The van der Waals surface area contributed by atoms with E-state index in [4.69, 9.17) is 0 Å². The van der Waals surface area contributed by atoms with E-state index in [2.05, 4.69) is 39.0 Å². The highest BCUT2D eigenvalue weighted by molar-refractivity contribution is 5.72. The summed E-state index contributed by atoms with van der Waals surface area (Å²) in [5.41, 5.74) is 2.50. The molecule has 1 aliphatic rings. The molecule has 0 fully saturated rings. The topological polar surface area (TPSA) is 17.1 Å². The van der Waals surface area contributed by atoms with Crippen LogP contribution in [0, 0.1) is 11.3 Å². The quantitative estimate of drug-likeness (QED) is 0.495. The van der Waals surface area contributed by atoms with Crippen LogP contribution in [0.3, 0.4) is 0 Å². The maximum Gasteiger partial charge on any atom is 0.145 e. The molecule has 1 rings (SSSR count). The molecule has 0 bridgehead atoms. The molecular weight excluding hydrogens is 184 g/mol. The second kappa shape index (κ2) is 4.61. The number of hydrogen-bond acceptors (Lipinski definition) is 1. The SMILES string of the molecule is CC(C=O)=CC1C=CC=C(C(C)(C)C)C1. The molecule has 0 saturated carbocycles. The zero-order valence-electron chi connectivity index (χ0n) is 10.1. The lowest BCUT2D eigenvalue weighted by atomic mass is 9.78. The van der Waals surface area contributed by atoms with Crippen LogP contribution in [0.1, 0.15) is 34.1 Å². The van der Waals surface area contributed by atoms with E-state index in [0.29, 0.717) is 5.92 Å². The first kappa shape index (κ1) is 12.0. The standard InChI is InChI=1S/C14H20O/c1-11(10-15)8-12-6-5-7-13(9-12)14(2,3)4/h5-8,10,12H,9H2,1-4H3. The highest BCUT2D eigenvalue weighted by atomic mass is 16.1. The third-order valence-corrected chi connectivity index (χ3v) is 2.74. The van der Waals surface area contributed by atoms with Gasteiger partial charge in [-0.1, -0.05) is 50.6 Å². The van der Waals surface area contributed by atoms with Gasteiger partial charge < -0.3 is 0 Å². The van der Waals surface area contributed by atoms with Gasteiger partial charge in [0.15, 0.2) is 0 Å². The lowest BCUT2D eigenvalue weighted by Crippen LogP contribution is -2.14. The Morgan fingerprint density at radius 3 is 2.67 bits per heavy atom. The predicted molar refractivity (Wildman–Crippen MR) is 64.6 cm³/mol. The number of carbonyl (C=O) groups excluding carboxylic acids is 1. The van der Waals surface area contributed by atoms with E-state index in [1.165, 1.54) is 5.57 Å². The molecule has 1 aliphatic carbocycles. The first-order chi connectivity index (χ1) is 6.93. The first-order valence-electron chi connectivity index (χ1n) is 5.45. The molecule has 0 saturated heterocycles. The van der Waals surface area contributed by atoms with Gasteiger partial charge in [-0.2, -0.15) is 0 Å². The van der Waals surface area contributed by atoms with Crippen molar-refractivity contribution in [3.63, 3.8) is 0 Å². The van der Waals surface area contributed by atoms with Crippen molar-refractivity contribution in [1.82, 2.24) is 0 Å². The van der Waals surface area contributed by atoms with E-state index in [1.54, 1.807) is 0 Å². The highest BCUT2D eigenvalue weighted by Gasteiger charge is 2.20. The summed E-state index contributed by atoms with van der Waals surface area (Å²) in [5, 5.41) is 0. The van der Waals surface area contributed by atoms with Crippen molar-refractivity contribution in [2.45, 2.75) is 34.1 Å². The molecule has 1 nitrogen and oxygen atoms in total. The second-order valence-corrected chi connectivity index (χ2v) is 5.22. The molecule has 0 amide bonds. The number of rotatable bonds is 2. The average molecular weight is 204 g/mol. The van der Waals surface area contributed by atoms with Gasteiger partial charge in [-0.25, -0.2) is 0 Å². The zero-order valence-corrected chi connectivity index (χ0v) is 10.1. The third-order valence-electron chi connectivity index (χ3n) is 2.74. The van der Waals surface area contributed by atoms with Crippen LogP contribution >= 0.6 is 0 Å². The molecule has 0 heterocycles. The van der Waals surface area contributed by atoms with Gasteiger partial charge in [-0.15, -0.1) is 0 Å². The lowest BCUT2D eigenvalue weighted by Gasteiger charge is -2.27. The maximum atomic E-state index is 10.5. The fourth-order valence-corrected chi connectivity index (χ4v) is 1.75. The smallest absolute Gasteiger partial charge is 0.145 e. The van der Waals surface area contributed by atoms with Gasteiger partial charge in [0.2, 0.25) is 0 Å². The van der Waals surface area contributed by atoms with Crippen molar-refractivity contribution in [2.24, 2.45) is 11.3 Å². The average Bonchev–Trinajstić information content (AvgIpc) is 2.17. The normalized spacial score (nSPS) is 22.5. The largest absolute Gasteiger partial charge is 0.298 e. The molecule has 1 atom stereocenters. The van der Waals surface area contributed by atoms with Crippen molar-refractivity contribution in [2.75, 3.05) is 0 Å². The molecule has 0 spiro atoms. The van der Waals surface area contributed by atoms with Crippen LogP contribution in [0.25, 0.3) is 0 Å². The number of aldehydes is 1. The predicted octanol–water partition coefficient (Wildman–Crippen LogP) is 3.68. The van der Waals surface area contributed by atoms with Crippen LogP contribution in [0.2, 0.25) is 0 Å². The molecule has 15 heavy (non-hydrogen) atoms. The van der Waals surface area contributed by atoms with Crippen LogP contribution in [0.4, 0.5) is 0 Å². The Labute approximate surface area is 92.6 Å². The van der Waals surface area contributed by atoms with Gasteiger partial charge >= 0.3 is 0 Å². The Bertz CT molecular complexity index is 324. The summed E-state index contributed by atoms with van der Waals surface area (Å²) in [4.78, 5) is 10.5. The molecule has 0 N–H and O–H groups in total. The van der Waals surface area contributed by atoms with Gasteiger partial charge in [-0.05, 0) is 30.3 Å². The van der Waals surface area contributed by atoms with E-state index in [0.717, 1.165) is 18.3 Å². The molecule has 0 aromatic carbocycles. The van der Waals surface area contributed by atoms with Crippen LogP contribution in [-0.2, 0) is 4.79 Å². The Kier molecular flexibility index (Phi) is 3.67. The van der Waals surface area contributed by atoms with E-state index in [1.807, 2.05) is 13.0 Å². The van der Waals surface area contributed by atoms with Crippen molar-refractivity contribution in [3.8, 4) is 0 Å². The minimum absolute atomic E-state index is 0.228. The van der Waals surface area contributed by atoms with Crippen molar-refractivity contribution >= 4 is 6.29 Å². The maximum absolute atomic E-state index is 10.5. The van der Waals surface area contributed by atoms with Gasteiger partial charge in [0.25, 0.3) is 0 Å². The van der Waals surface area contributed by atoms with Crippen LogP contribution in [-0.4, -0.2) is 6.29 Å². The summed E-state index contributed by atoms with van der Waals surface area (Å²) >= 11 is 0. The van der Waals surface area contributed by atoms with E-state index >= 15 is 0 Å². The van der Waals surface area contributed by atoms with Crippen LogP contribution in [0.5, 0.6) is 0 Å². The van der Waals surface area contributed by atoms with Gasteiger partial charge in [0.1, 0.15) is 6.29 Å². The Hall–Kier alpha value is -1.11. The summed E-state index contributed by atoms with van der Waals surface area (Å²) in [6.45, 7) is 8.54.